The first-order chi connectivity index (χ1) is 17.2. The third-order valence-electron chi connectivity index (χ3n) is 7.56. The lowest BCUT2D eigenvalue weighted by Crippen LogP contribution is -2.54. The Hall–Kier alpha value is -1.61. The van der Waals surface area contributed by atoms with Crippen LogP contribution in [0.5, 0.6) is 0 Å². The van der Waals surface area contributed by atoms with Gasteiger partial charge in [0, 0.05) is 76.8 Å². The summed E-state index contributed by atoms with van der Waals surface area (Å²) in [5, 5.41) is 0.857. The Morgan fingerprint density at radius 3 is 1.25 bits per heavy atom. The van der Waals surface area contributed by atoms with E-state index >= 15 is 0 Å². The second-order valence-corrected chi connectivity index (χ2v) is 11.1. The van der Waals surface area contributed by atoms with Crippen LogP contribution in [-0.2, 0) is 4.79 Å². The molecule has 2 atom stereocenters. The van der Waals surface area contributed by atoms with Gasteiger partial charge in [-0.15, -0.1) is 0 Å². The van der Waals surface area contributed by atoms with Gasteiger partial charge >= 0.3 is 0 Å². The molecule has 2 aliphatic heterocycles. The number of nitrogens with zero attached hydrogens (tertiary/aromatic N) is 6. The van der Waals surface area contributed by atoms with Crippen LogP contribution >= 0.6 is 23.2 Å². The molecule has 36 heavy (non-hydrogen) atoms. The number of aromatic nitrogens is 2. The molecular weight excluding hydrogens is 495 g/mol. The van der Waals surface area contributed by atoms with E-state index < -0.39 is 12.1 Å². The maximum Gasteiger partial charge on any atom is 0.176 e. The van der Waals surface area contributed by atoms with Crippen molar-refractivity contribution in [3.8, 4) is 0 Å². The Bertz CT molecular complexity index is 905. The van der Waals surface area contributed by atoms with Crippen LogP contribution in [-0.4, -0.2) is 99.8 Å². The predicted octanol–water partition coefficient (Wildman–Crippen LogP) is 4.19. The molecule has 2 saturated heterocycles. The highest BCUT2D eigenvalue weighted by Gasteiger charge is 2.39. The number of pyridine rings is 2. The summed E-state index contributed by atoms with van der Waals surface area (Å²) in [6.07, 6.45) is 3.52. The minimum absolute atomic E-state index is 0.152. The van der Waals surface area contributed by atoms with Crippen molar-refractivity contribution in [2.45, 2.75) is 51.9 Å². The molecular formula is C27H38Cl2N6O. The van der Waals surface area contributed by atoms with E-state index in [1.54, 1.807) is 24.5 Å². The smallest absolute Gasteiger partial charge is 0.176 e. The highest BCUT2D eigenvalue weighted by molar-refractivity contribution is 6.29. The first-order valence-corrected chi connectivity index (χ1v) is 13.7. The molecule has 2 aliphatic rings. The fraction of sp³-hybridized carbons (Fsp3) is 0.593. The average Bonchev–Trinajstić information content (AvgIpc) is 2.87. The number of rotatable bonds is 8. The van der Waals surface area contributed by atoms with Gasteiger partial charge < -0.3 is 0 Å². The molecule has 0 spiro atoms. The van der Waals surface area contributed by atoms with Gasteiger partial charge in [0.1, 0.15) is 10.3 Å². The number of halogens is 2. The third kappa shape index (κ3) is 6.44. The maximum absolute atomic E-state index is 14.6. The van der Waals surface area contributed by atoms with E-state index in [1.165, 1.54) is 0 Å². The summed E-state index contributed by atoms with van der Waals surface area (Å²) in [6, 6.07) is 7.61. The van der Waals surface area contributed by atoms with Gasteiger partial charge in [-0.2, -0.15) is 0 Å². The van der Waals surface area contributed by atoms with Gasteiger partial charge in [0.05, 0.1) is 12.1 Å². The molecule has 2 fully saturated rings. The molecule has 0 saturated carbocycles. The zero-order valence-corrected chi connectivity index (χ0v) is 23.3. The van der Waals surface area contributed by atoms with Crippen LogP contribution in [0.4, 0.5) is 0 Å². The molecule has 0 bridgehead atoms. The van der Waals surface area contributed by atoms with Gasteiger partial charge in [0.15, 0.2) is 5.78 Å². The molecule has 0 aromatic carbocycles. The molecule has 9 heteroatoms. The molecule has 0 amide bonds. The van der Waals surface area contributed by atoms with Crippen LogP contribution in [0.1, 0.15) is 50.9 Å². The molecule has 196 valence electrons. The molecule has 0 N–H and O–H groups in total. The van der Waals surface area contributed by atoms with Crippen molar-refractivity contribution >= 4 is 29.0 Å². The summed E-state index contributed by atoms with van der Waals surface area (Å²) in [5.41, 5.74) is 1.77. The van der Waals surface area contributed by atoms with E-state index in [0.29, 0.717) is 22.4 Å². The quantitative estimate of drug-likeness (QED) is 0.472. The Morgan fingerprint density at radius 1 is 0.639 bits per heavy atom. The first kappa shape index (κ1) is 27.4. The first-order valence-electron chi connectivity index (χ1n) is 13.0. The molecule has 4 rings (SSSR count). The van der Waals surface area contributed by atoms with Gasteiger partial charge in [0.25, 0.3) is 0 Å². The minimum atomic E-state index is -0.409. The number of hydrogen-bond acceptors (Lipinski definition) is 7. The number of carbonyl (C=O) groups is 1. The van der Waals surface area contributed by atoms with Gasteiger partial charge in [-0.25, -0.2) is 9.97 Å². The highest BCUT2D eigenvalue weighted by atomic mass is 35.5. The lowest BCUT2D eigenvalue weighted by Gasteiger charge is -2.44. The van der Waals surface area contributed by atoms with E-state index in [0.717, 1.165) is 63.5 Å². The van der Waals surface area contributed by atoms with Crippen molar-refractivity contribution < 1.29 is 4.79 Å². The number of hydrogen-bond donors (Lipinski definition) is 0. The van der Waals surface area contributed by atoms with Crippen molar-refractivity contribution in [2.24, 2.45) is 0 Å². The topological polar surface area (TPSA) is 55.8 Å². The van der Waals surface area contributed by atoms with Gasteiger partial charge in [-0.1, -0.05) is 35.3 Å². The zero-order valence-electron chi connectivity index (χ0n) is 21.8. The van der Waals surface area contributed by atoms with Gasteiger partial charge in [-0.05, 0) is 51.0 Å². The Labute approximate surface area is 225 Å². The Morgan fingerprint density at radius 2 is 0.972 bits per heavy atom. The van der Waals surface area contributed by atoms with Gasteiger partial charge in [-0.3, -0.25) is 24.4 Å². The van der Waals surface area contributed by atoms with E-state index in [2.05, 4.69) is 57.3 Å². The molecule has 2 unspecified atom stereocenters. The van der Waals surface area contributed by atoms with E-state index in [-0.39, 0.29) is 5.78 Å². The molecule has 7 nitrogen and oxygen atoms in total. The fourth-order valence-electron chi connectivity index (χ4n) is 5.38. The van der Waals surface area contributed by atoms with Crippen LogP contribution in [0.2, 0.25) is 10.3 Å². The summed E-state index contributed by atoms with van der Waals surface area (Å²) >= 11 is 12.2. The van der Waals surface area contributed by atoms with Crippen molar-refractivity contribution in [1.82, 2.24) is 29.6 Å². The average molecular weight is 534 g/mol. The maximum atomic E-state index is 14.6. The normalized spacial score (nSPS) is 20.7. The highest BCUT2D eigenvalue weighted by Crippen LogP contribution is 2.33. The largest absolute Gasteiger partial charge is 0.298 e. The minimum Gasteiger partial charge on any atom is -0.298 e. The molecule has 2 aromatic heterocycles. The molecule has 2 aromatic rings. The monoisotopic (exact) mass is 532 g/mol. The Balaban J connectivity index is 1.67. The molecule has 0 aliphatic carbocycles. The molecule has 0 radical (unpaired) electrons. The van der Waals surface area contributed by atoms with Crippen LogP contribution < -0.4 is 0 Å². The second-order valence-electron chi connectivity index (χ2n) is 10.4. The zero-order chi connectivity index (χ0) is 25.8. The fourth-order valence-corrected chi connectivity index (χ4v) is 5.61. The lowest BCUT2D eigenvalue weighted by atomic mass is 9.91. The predicted molar refractivity (Wildman–Crippen MR) is 146 cm³/mol. The van der Waals surface area contributed by atoms with E-state index in [4.69, 9.17) is 23.2 Å². The van der Waals surface area contributed by atoms with Crippen LogP contribution in [0.3, 0.4) is 0 Å². The lowest BCUT2D eigenvalue weighted by molar-refractivity contribution is -0.132. The van der Waals surface area contributed by atoms with Crippen LogP contribution in [0, 0.1) is 0 Å². The SMILES string of the molecule is CC(C)N1CCN(C(C(=O)C(c2ccc(Cl)nc2)N2CCN(C(C)C)CC2)c2ccc(Cl)nc2)CC1. The number of Topliss-reactive ketones (excluding diaryl/α,β-unsaturated/α-hetero) is 1. The van der Waals surface area contributed by atoms with Crippen molar-refractivity contribution in [1.29, 1.82) is 0 Å². The van der Waals surface area contributed by atoms with E-state index in [9.17, 15) is 4.79 Å². The Kier molecular flexibility index (Phi) is 9.36. The second kappa shape index (κ2) is 12.3. The summed E-state index contributed by atoms with van der Waals surface area (Å²) < 4.78 is 0. The van der Waals surface area contributed by atoms with E-state index in [1.807, 2.05) is 12.1 Å². The van der Waals surface area contributed by atoms with Crippen molar-refractivity contribution in [3.05, 3.63) is 58.1 Å². The van der Waals surface area contributed by atoms with Gasteiger partial charge in [0.2, 0.25) is 0 Å². The molecule has 4 heterocycles. The third-order valence-corrected chi connectivity index (χ3v) is 8.01. The van der Waals surface area contributed by atoms with Crippen molar-refractivity contribution in [2.75, 3.05) is 52.4 Å². The standard InChI is InChI=1S/C27H38Cl2N6O/c1-19(2)32-9-13-34(14-10-32)25(21-5-7-23(28)30-17-21)27(36)26(22-6-8-24(29)31-18-22)35-15-11-33(12-16-35)20(3)4/h5-8,17-20,25-26H,9-16H2,1-4H3. The summed E-state index contributed by atoms with van der Waals surface area (Å²) in [4.78, 5) is 32.8. The van der Waals surface area contributed by atoms with Crippen molar-refractivity contribution in [3.63, 3.8) is 0 Å². The summed E-state index contributed by atoms with van der Waals surface area (Å²) in [5.74, 6) is 0.152. The number of ketones is 1. The summed E-state index contributed by atoms with van der Waals surface area (Å²) in [7, 11) is 0. The number of carbonyl (C=O) groups excluding carboxylic acids is 1. The van der Waals surface area contributed by atoms with Crippen LogP contribution in [0.25, 0.3) is 0 Å². The van der Waals surface area contributed by atoms with Crippen LogP contribution in [0.15, 0.2) is 36.7 Å². The number of piperazine rings is 2. The summed E-state index contributed by atoms with van der Waals surface area (Å²) in [6.45, 7) is 15.9.